The summed E-state index contributed by atoms with van der Waals surface area (Å²) in [6, 6.07) is 17.0. The third-order valence-corrected chi connectivity index (χ3v) is 5.09. The fourth-order valence-corrected chi connectivity index (χ4v) is 3.29. The van der Waals surface area contributed by atoms with Gasteiger partial charge in [0, 0.05) is 37.2 Å². The van der Waals surface area contributed by atoms with E-state index in [9.17, 15) is 4.79 Å². The molecule has 0 aliphatic heterocycles. The van der Waals surface area contributed by atoms with Crippen molar-refractivity contribution in [3.8, 4) is 12.1 Å². The smallest absolute Gasteiger partial charge is 0.246 e. The predicted molar refractivity (Wildman–Crippen MR) is 133 cm³/mol. The number of aryl methyl sites for hydroxylation is 2. The Balaban J connectivity index is 1.72. The van der Waals surface area contributed by atoms with Gasteiger partial charge in [0.2, 0.25) is 11.9 Å². The van der Waals surface area contributed by atoms with E-state index in [0.29, 0.717) is 30.3 Å². The van der Waals surface area contributed by atoms with Crippen molar-refractivity contribution < 1.29 is 4.79 Å². The molecular weight excluding hydrogens is 426 g/mol. The standard InChI is InChI=1S/C26H25N7O/c1-18-15-21(7-10-24(34)33(3)14-4-12-27)16-19(2)25(18)31-23-11-13-29-26(32-23)30-22-8-5-20(17-28)6-9-22/h5-11,13,15-16H,4,14H2,1-3H3,(H2,29,30,31,32). The summed E-state index contributed by atoms with van der Waals surface area (Å²) in [5.74, 6) is 0.926. The Morgan fingerprint density at radius 2 is 1.79 bits per heavy atom. The van der Waals surface area contributed by atoms with E-state index in [2.05, 4.69) is 26.7 Å². The third kappa shape index (κ3) is 6.41. The molecule has 0 radical (unpaired) electrons. The fourth-order valence-electron chi connectivity index (χ4n) is 3.29. The molecule has 0 saturated heterocycles. The molecule has 0 aliphatic carbocycles. The van der Waals surface area contributed by atoms with Gasteiger partial charge in [-0.25, -0.2) is 4.98 Å². The number of benzene rings is 2. The molecule has 1 amide bonds. The normalized spacial score (nSPS) is 10.4. The fraction of sp³-hybridized carbons (Fsp3) is 0.192. The summed E-state index contributed by atoms with van der Waals surface area (Å²) in [5.41, 5.74) is 5.22. The number of hydrogen-bond donors (Lipinski definition) is 2. The van der Waals surface area contributed by atoms with Crippen LogP contribution in [0.3, 0.4) is 0 Å². The number of nitriles is 2. The molecule has 0 aliphatic rings. The minimum absolute atomic E-state index is 0.143. The van der Waals surface area contributed by atoms with Crippen molar-refractivity contribution in [1.29, 1.82) is 10.5 Å². The average molecular weight is 452 g/mol. The first-order chi connectivity index (χ1) is 16.4. The Hall–Kier alpha value is -4.69. The summed E-state index contributed by atoms with van der Waals surface area (Å²) in [6.07, 6.45) is 5.27. The summed E-state index contributed by atoms with van der Waals surface area (Å²) in [5, 5.41) is 24.1. The number of hydrogen-bond acceptors (Lipinski definition) is 7. The number of likely N-dealkylation sites (N-methyl/N-ethyl adjacent to an activating group) is 1. The lowest BCUT2D eigenvalue weighted by Crippen LogP contribution is -2.25. The van der Waals surface area contributed by atoms with Crippen LogP contribution in [0, 0.1) is 36.5 Å². The number of nitrogens with zero attached hydrogens (tertiary/aromatic N) is 5. The van der Waals surface area contributed by atoms with Crippen LogP contribution in [0.25, 0.3) is 6.08 Å². The van der Waals surface area contributed by atoms with Crippen molar-refractivity contribution in [3.63, 3.8) is 0 Å². The van der Waals surface area contributed by atoms with E-state index < -0.39 is 0 Å². The van der Waals surface area contributed by atoms with Crippen molar-refractivity contribution in [2.75, 3.05) is 24.2 Å². The van der Waals surface area contributed by atoms with Gasteiger partial charge in [-0.1, -0.05) is 0 Å². The number of aromatic nitrogens is 2. The van der Waals surface area contributed by atoms with Crippen molar-refractivity contribution in [1.82, 2.24) is 14.9 Å². The van der Waals surface area contributed by atoms with E-state index >= 15 is 0 Å². The second kappa shape index (κ2) is 11.3. The highest BCUT2D eigenvalue weighted by Crippen LogP contribution is 2.26. The van der Waals surface area contributed by atoms with Gasteiger partial charge in [-0.15, -0.1) is 0 Å². The van der Waals surface area contributed by atoms with Gasteiger partial charge in [-0.3, -0.25) is 4.79 Å². The molecule has 0 saturated carbocycles. The van der Waals surface area contributed by atoms with Crippen LogP contribution in [-0.4, -0.2) is 34.4 Å². The summed E-state index contributed by atoms with van der Waals surface area (Å²) in [7, 11) is 1.68. The first-order valence-electron chi connectivity index (χ1n) is 10.7. The molecule has 3 rings (SSSR count). The van der Waals surface area contributed by atoms with Crippen molar-refractivity contribution in [2.45, 2.75) is 20.3 Å². The molecule has 1 heterocycles. The highest BCUT2D eigenvalue weighted by molar-refractivity contribution is 5.91. The van der Waals surface area contributed by atoms with E-state index in [4.69, 9.17) is 10.5 Å². The van der Waals surface area contributed by atoms with Crippen molar-refractivity contribution in [2.24, 2.45) is 0 Å². The zero-order chi connectivity index (χ0) is 24.5. The van der Waals surface area contributed by atoms with Gasteiger partial charge in [0.05, 0.1) is 24.1 Å². The largest absolute Gasteiger partial charge is 0.341 e. The number of amides is 1. The van der Waals surface area contributed by atoms with Gasteiger partial charge >= 0.3 is 0 Å². The summed E-state index contributed by atoms with van der Waals surface area (Å²) < 4.78 is 0. The topological polar surface area (TPSA) is 118 Å². The van der Waals surface area contributed by atoms with Crippen LogP contribution >= 0.6 is 0 Å². The molecule has 0 bridgehead atoms. The molecule has 0 fully saturated rings. The molecule has 0 spiro atoms. The predicted octanol–water partition coefficient (Wildman–Crippen LogP) is 4.84. The third-order valence-electron chi connectivity index (χ3n) is 5.09. The van der Waals surface area contributed by atoms with E-state index in [-0.39, 0.29) is 5.91 Å². The van der Waals surface area contributed by atoms with Crippen LogP contribution in [0.1, 0.15) is 28.7 Å². The monoisotopic (exact) mass is 451 g/mol. The molecule has 2 aromatic carbocycles. The lowest BCUT2D eigenvalue weighted by atomic mass is 10.0. The molecule has 1 aromatic heterocycles. The van der Waals surface area contributed by atoms with E-state index in [1.807, 2.05) is 32.0 Å². The van der Waals surface area contributed by atoms with Gasteiger partial charge in [0.25, 0.3) is 0 Å². The lowest BCUT2D eigenvalue weighted by molar-refractivity contribution is -0.124. The van der Waals surface area contributed by atoms with Gasteiger partial charge in [-0.2, -0.15) is 15.5 Å². The Labute approximate surface area is 199 Å². The molecule has 2 N–H and O–H groups in total. The molecular formula is C26H25N7O. The summed E-state index contributed by atoms with van der Waals surface area (Å²) >= 11 is 0. The second-order valence-electron chi connectivity index (χ2n) is 7.74. The molecule has 8 heteroatoms. The highest BCUT2D eigenvalue weighted by atomic mass is 16.2. The average Bonchev–Trinajstić information content (AvgIpc) is 2.84. The van der Waals surface area contributed by atoms with Crippen LogP contribution in [0.4, 0.5) is 23.1 Å². The lowest BCUT2D eigenvalue weighted by Gasteiger charge is -2.15. The van der Waals surface area contributed by atoms with Gasteiger partial charge in [-0.05, 0) is 79.1 Å². The Kier molecular flexibility index (Phi) is 7.93. The summed E-state index contributed by atoms with van der Waals surface area (Å²) in [4.78, 5) is 22.5. The van der Waals surface area contributed by atoms with Gasteiger partial charge in [0.15, 0.2) is 0 Å². The zero-order valence-corrected chi connectivity index (χ0v) is 19.3. The van der Waals surface area contributed by atoms with E-state index in [1.54, 1.807) is 49.7 Å². The number of carbonyl (C=O) groups is 1. The Morgan fingerprint density at radius 3 is 2.44 bits per heavy atom. The molecule has 3 aromatic rings. The van der Waals surface area contributed by atoms with Gasteiger partial charge in [0.1, 0.15) is 5.82 Å². The van der Waals surface area contributed by atoms with Crippen LogP contribution in [0.2, 0.25) is 0 Å². The van der Waals surface area contributed by atoms with Crippen LogP contribution in [-0.2, 0) is 4.79 Å². The quantitative estimate of drug-likeness (QED) is 0.471. The number of nitrogens with one attached hydrogen (secondary N) is 2. The number of anilines is 4. The minimum atomic E-state index is -0.143. The van der Waals surface area contributed by atoms with Crippen molar-refractivity contribution >= 4 is 35.1 Å². The molecule has 0 unspecified atom stereocenters. The van der Waals surface area contributed by atoms with Crippen molar-refractivity contribution in [3.05, 3.63) is 77.0 Å². The molecule has 8 nitrogen and oxygen atoms in total. The Morgan fingerprint density at radius 1 is 1.09 bits per heavy atom. The first-order valence-corrected chi connectivity index (χ1v) is 10.7. The maximum absolute atomic E-state index is 12.2. The molecule has 34 heavy (non-hydrogen) atoms. The molecule has 170 valence electrons. The first kappa shape index (κ1) is 24.0. The number of rotatable bonds is 8. The Bertz CT molecular complexity index is 1260. The van der Waals surface area contributed by atoms with Crippen LogP contribution < -0.4 is 10.6 Å². The van der Waals surface area contributed by atoms with Crippen LogP contribution in [0.5, 0.6) is 0 Å². The minimum Gasteiger partial charge on any atom is -0.341 e. The maximum Gasteiger partial charge on any atom is 0.246 e. The SMILES string of the molecule is Cc1cc(C=CC(=O)N(C)CCC#N)cc(C)c1Nc1ccnc(Nc2ccc(C#N)cc2)n1. The molecule has 0 atom stereocenters. The van der Waals surface area contributed by atoms with E-state index in [0.717, 1.165) is 28.1 Å². The van der Waals surface area contributed by atoms with Gasteiger partial charge < -0.3 is 15.5 Å². The van der Waals surface area contributed by atoms with E-state index in [1.165, 1.54) is 11.0 Å². The van der Waals surface area contributed by atoms with Crippen LogP contribution in [0.15, 0.2) is 54.7 Å². The maximum atomic E-state index is 12.2. The second-order valence-corrected chi connectivity index (χ2v) is 7.74. The number of carbonyl (C=O) groups excluding carboxylic acids is 1. The highest BCUT2D eigenvalue weighted by Gasteiger charge is 2.08. The summed E-state index contributed by atoms with van der Waals surface area (Å²) in [6.45, 7) is 4.39. The zero-order valence-electron chi connectivity index (χ0n) is 19.3.